The Morgan fingerprint density at radius 3 is 2.27 bits per heavy atom. The molecule has 1 aromatic heterocycles. The van der Waals surface area contributed by atoms with Crippen molar-refractivity contribution in [3.63, 3.8) is 0 Å². The van der Waals surface area contributed by atoms with Gasteiger partial charge in [0.25, 0.3) is 0 Å². The van der Waals surface area contributed by atoms with Crippen molar-refractivity contribution in [2.75, 3.05) is 19.8 Å². The van der Waals surface area contributed by atoms with Crippen molar-refractivity contribution < 1.29 is 8.78 Å². The van der Waals surface area contributed by atoms with E-state index in [1.54, 1.807) is 18.2 Å². The lowest BCUT2D eigenvalue weighted by Gasteiger charge is -2.25. The summed E-state index contributed by atoms with van der Waals surface area (Å²) in [7, 11) is 3.76. The van der Waals surface area contributed by atoms with Gasteiger partial charge in [-0.15, -0.1) is 11.8 Å². The fourth-order valence-corrected chi connectivity index (χ4v) is 4.79. The third-order valence-electron chi connectivity index (χ3n) is 6.38. The van der Waals surface area contributed by atoms with Crippen molar-refractivity contribution in [2.24, 2.45) is 0 Å². The molecule has 0 radical (unpaired) electrons. The first kappa shape index (κ1) is 32.8. The summed E-state index contributed by atoms with van der Waals surface area (Å²) in [5.41, 5.74) is 5.45. The van der Waals surface area contributed by atoms with Crippen LogP contribution >= 0.6 is 11.8 Å². The van der Waals surface area contributed by atoms with E-state index in [9.17, 15) is 8.78 Å². The molecule has 40 heavy (non-hydrogen) atoms. The number of rotatable bonds is 9. The molecule has 6 heteroatoms. The van der Waals surface area contributed by atoms with Crippen LogP contribution in [-0.4, -0.2) is 40.7 Å². The van der Waals surface area contributed by atoms with E-state index in [0.717, 1.165) is 34.8 Å². The molecule has 0 saturated carbocycles. The van der Waals surface area contributed by atoms with Gasteiger partial charge >= 0.3 is 0 Å². The topological polar surface area (TPSA) is 19.4 Å². The van der Waals surface area contributed by atoms with E-state index in [4.69, 9.17) is 0 Å². The Kier molecular flexibility index (Phi) is 13.7. The van der Waals surface area contributed by atoms with Crippen molar-refractivity contribution in [3.05, 3.63) is 126 Å². The van der Waals surface area contributed by atoms with E-state index >= 15 is 0 Å². The summed E-state index contributed by atoms with van der Waals surface area (Å²) in [5.74, 6) is 1.03. The lowest BCUT2D eigenvalue weighted by Crippen LogP contribution is -2.28. The van der Waals surface area contributed by atoms with Crippen molar-refractivity contribution in [1.29, 1.82) is 0 Å². The predicted octanol–water partition coefficient (Wildman–Crippen LogP) is 9.06. The second kappa shape index (κ2) is 16.7. The summed E-state index contributed by atoms with van der Waals surface area (Å²) in [6, 6.07) is 15.9. The van der Waals surface area contributed by atoms with Crippen LogP contribution in [0.1, 0.15) is 50.4 Å². The highest BCUT2D eigenvalue weighted by molar-refractivity contribution is 8.02. The molecule has 0 bridgehead atoms. The standard InChI is InChI=1S/C17H17F2N.C15H20N2S.C2H6/c1-12(20(2)3)10-15-5-4-14(11-17(15)19)13-6-8-16(18)9-7-13;1-4-17(14-6-8-18-11-14)10-13-5-7-16-15(9-13)12(2)3;1-2/h4-9,11H,1,10H2,2-3H3;4-9,12,14H,1,10-11H2,2-3H3;1-2H3. The normalized spacial score (nSPS) is 13.6. The maximum Gasteiger partial charge on any atom is 0.127 e. The molecule has 3 nitrogen and oxygen atoms in total. The van der Waals surface area contributed by atoms with Crippen LogP contribution in [0.3, 0.4) is 0 Å². The number of benzene rings is 2. The fourth-order valence-electron chi connectivity index (χ4n) is 3.89. The predicted molar refractivity (Wildman–Crippen MR) is 169 cm³/mol. The van der Waals surface area contributed by atoms with Crippen LogP contribution in [-0.2, 0) is 13.0 Å². The highest BCUT2D eigenvalue weighted by Gasteiger charge is 2.16. The maximum atomic E-state index is 14.1. The fraction of sp³-hybridized carbons (Fsp3) is 0.324. The molecule has 4 rings (SSSR count). The number of hydrogen-bond acceptors (Lipinski definition) is 4. The minimum Gasteiger partial charge on any atom is -0.381 e. The largest absolute Gasteiger partial charge is 0.381 e. The van der Waals surface area contributed by atoms with Gasteiger partial charge in [-0.05, 0) is 70.1 Å². The van der Waals surface area contributed by atoms with Gasteiger partial charge in [0.1, 0.15) is 11.6 Å². The number of allylic oxidation sites excluding steroid dienone is 1. The van der Waals surface area contributed by atoms with Gasteiger partial charge in [0.2, 0.25) is 0 Å². The molecule has 2 aromatic carbocycles. The molecule has 0 amide bonds. The highest BCUT2D eigenvalue weighted by atomic mass is 32.2. The number of aromatic nitrogens is 1. The van der Waals surface area contributed by atoms with Crippen LogP contribution in [0.15, 0.2) is 97.3 Å². The van der Waals surface area contributed by atoms with Crippen molar-refractivity contribution >= 4 is 11.8 Å². The molecular weight excluding hydrogens is 520 g/mol. The average molecular weight is 564 g/mol. The van der Waals surface area contributed by atoms with Gasteiger partial charge in [0, 0.05) is 50.4 Å². The Hall–Kier alpha value is -3.38. The number of likely N-dealkylation sites (N-methyl/N-ethyl adjacent to an activating group) is 1. The Morgan fingerprint density at radius 1 is 1.05 bits per heavy atom. The molecule has 0 saturated heterocycles. The van der Waals surface area contributed by atoms with E-state index in [0.29, 0.717) is 23.9 Å². The molecule has 0 spiro atoms. The minimum atomic E-state index is -0.298. The number of nitrogens with zero attached hydrogens (tertiary/aromatic N) is 3. The smallest absolute Gasteiger partial charge is 0.127 e. The monoisotopic (exact) mass is 563 g/mol. The van der Waals surface area contributed by atoms with Crippen LogP contribution in [0.4, 0.5) is 8.78 Å². The lowest BCUT2D eigenvalue weighted by molar-refractivity contribution is 0.335. The van der Waals surface area contributed by atoms with Gasteiger partial charge < -0.3 is 9.80 Å². The molecule has 214 valence electrons. The molecule has 1 unspecified atom stereocenters. The Balaban J connectivity index is 0.000000265. The van der Waals surface area contributed by atoms with E-state index < -0.39 is 0 Å². The molecule has 2 heterocycles. The van der Waals surface area contributed by atoms with Gasteiger partial charge in [-0.3, -0.25) is 4.98 Å². The van der Waals surface area contributed by atoms with E-state index in [1.807, 2.05) is 63.1 Å². The van der Waals surface area contributed by atoms with Crippen molar-refractivity contribution in [1.82, 2.24) is 14.8 Å². The van der Waals surface area contributed by atoms with Crippen molar-refractivity contribution in [3.8, 4) is 11.1 Å². The molecule has 0 N–H and O–H groups in total. The third kappa shape index (κ3) is 9.98. The minimum absolute atomic E-state index is 0.269. The molecule has 3 aromatic rings. The zero-order chi connectivity index (χ0) is 29.7. The first-order chi connectivity index (χ1) is 19.2. The Morgan fingerprint density at radius 2 is 1.73 bits per heavy atom. The maximum absolute atomic E-state index is 14.1. The van der Waals surface area contributed by atoms with Crippen LogP contribution in [0, 0.1) is 11.6 Å². The summed E-state index contributed by atoms with van der Waals surface area (Å²) >= 11 is 1.86. The first-order valence-electron chi connectivity index (χ1n) is 13.7. The van der Waals surface area contributed by atoms with Gasteiger partial charge in [-0.25, -0.2) is 8.78 Å². The SMILES string of the molecule is C=C(Cc1ccc(-c2ccc(F)cc2)cc1F)N(C)C.C=CN(Cc1ccnc(C(C)C)c1)C1C=CSC1.CC. The zero-order valence-electron chi connectivity index (χ0n) is 24.7. The lowest BCUT2D eigenvalue weighted by atomic mass is 10.0. The van der Waals surface area contributed by atoms with Gasteiger partial charge in [-0.1, -0.05) is 71.2 Å². The van der Waals surface area contributed by atoms with Gasteiger partial charge in [0.05, 0.1) is 6.04 Å². The van der Waals surface area contributed by atoms with Crippen LogP contribution in [0.25, 0.3) is 11.1 Å². The third-order valence-corrected chi connectivity index (χ3v) is 7.27. The number of halogens is 2. The van der Waals surface area contributed by atoms with E-state index in [-0.39, 0.29) is 11.6 Å². The zero-order valence-corrected chi connectivity index (χ0v) is 25.5. The van der Waals surface area contributed by atoms with Gasteiger partial charge in [-0.2, -0.15) is 0 Å². The Bertz CT molecular complexity index is 1250. The van der Waals surface area contributed by atoms with Gasteiger partial charge in [0.15, 0.2) is 0 Å². The molecule has 1 atom stereocenters. The van der Waals surface area contributed by atoms with E-state index in [1.165, 1.54) is 23.8 Å². The van der Waals surface area contributed by atoms with Crippen LogP contribution in [0.2, 0.25) is 0 Å². The molecule has 1 aliphatic rings. The quantitative estimate of drug-likeness (QED) is 0.259. The number of pyridine rings is 1. The van der Waals surface area contributed by atoms with Crippen LogP contribution < -0.4 is 0 Å². The first-order valence-corrected chi connectivity index (χ1v) is 14.7. The number of thioether (sulfide) groups is 1. The summed E-state index contributed by atoms with van der Waals surface area (Å²) in [6.07, 6.45) is 6.57. The van der Waals surface area contributed by atoms with E-state index in [2.05, 4.69) is 60.5 Å². The summed E-state index contributed by atoms with van der Waals surface area (Å²) in [5, 5.41) is 2.17. The van der Waals surface area contributed by atoms with Crippen molar-refractivity contribution in [2.45, 2.75) is 52.6 Å². The van der Waals surface area contributed by atoms with Crippen LogP contribution in [0.5, 0.6) is 0 Å². The molecular formula is C34H43F2N3S. The Labute approximate surface area is 244 Å². The highest BCUT2D eigenvalue weighted by Crippen LogP contribution is 2.24. The summed E-state index contributed by atoms with van der Waals surface area (Å²) < 4.78 is 27.0. The molecule has 0 aliphatic carbocycles. The second-order valence-electron chi connectivity index (χ2n) is 9.78. The second-order valence-corrected chi connectivity index (χ2v) is 10.7. The molecule has 0 fully saturated rings. The summed E-state index contributed by atoms with van der Waals surface area (Å²) in [4.78, 5) is 8.56. The summed E-state index contributed by atoms with van der Waals surface area (Å²) in [6.45, 7) is 17.1. The number of hydrogen-bond donors (Lipinski definition) is 0. The molecule has 1 aliphatic heterocycles. The average Bonchev–Trinajstić information content (AvgIpc) is 3.50.